The van der Waals surface area contributed by atoms with Crippen molar-refractivity contribution in [3.63, 3.8) is 0 Å². The first-order valence-corrected chi connectivity index (χ1v) is 7.42. The third-order valence-electron chi connectivity index (χ3n) is 3.88. The van der Waals surface area contributed by atoms with Crippen molar-refractivity contribution in [3.05, 3.63) is 76.1 Å². The summed E-state index contributed by atoms with van der Waals surface area (Å²) in [6, 6.07) is 15.8. The van der Waals surface area contributed by atoms with E-state index in [4.69, 9.17) is 4.42 Å². The molecule has 0 saturated carbocycles. The summed E-state index contributed by atoms with van der Waals surface area (Å²) in [5.41, 5.74) is 3.96. The molecule has 0 radical (unpaired) electrons. The molecule has 0 atom stereocenters. The van der Waals surface area contributed by atoms with Crippen LogP contribution in [-0.2, 0) is 6.42 Å². The van der Waals surface area contributed by atoms with Crippen LogP contribution in [0.1, 0.15) is 11.1 Å². The fourth-order valence-corrected chi connectivity index (χ4v) is 2.69. The Labute approximate surface area is 129 Å². The molecule has 0 unspecified atom stereocenters. The Kier molecular flexibility index (Phi) is 3.96. The summed E-state index contributed by atoms with van der Waals surface area (Å²) >= 11 is 0. The van der Waals surface area contributed by atoms with Crippen molar-refractivity contribution in [2.45, 2.75) is 13.3 Å². The number of nitrogens with zero attached hydrogens (tertiary/aromatic N) is 1. The van der Waals surface area contributed by atoms with Gasteiger partial charge in [-0.15, -0.1) is 0 Å². The molecule has 0 spiro atoms. The lowest BCUT2D eigenvalue weighted by molar-refractivity contribution is 0.602. The van der Waals surface area contributed by atoms with E-state index in [2.05, 4.69) is 17.0 Å². The molecule has 0 aliphatic rings. The number of anilines is 1. The van der Waals surface area contributed by atoms with Gasteiger partial charge in [0.15, 0.2) is 5.43 Å². The van der Waals surface area contributed by atoms with Gasteiger partial charge in [-0.1, -0.05) is 30.3 Å². The van der Waals surface area contributed by atoms with Crippen molar-refractivity contribution >= 4 is 16.7 Å². The van der Waals surface area contributed by atoms with Crippen LogP contribution in [0.25, 0.3) is 11.0 Å². The number of aryl methyl sites for hydroxylation is 1. The summed E-state index contributed by atoms with van der Waals surface area (Å²) in [4.78, 5) is 14.3. The van der Waals surface area contributed by atoms with Crippen LogP contribution in [-0.4, -0.2) is 13.6 Å². The zero-order chi connectivity index (χ0) is 15.5. The Morgan fingerprint density at radius 3 is 2.64 bits per heavy atom. The Morgan fingerprint density at radius 2 is 1.86 bits per heavy atom. The number of fused-ring (bicyclic) bond motifs is 1. The van der Waals surface area contributed by atoms with Gasteiger partial charge in [0.05, 0.1) is 17.3 Å². The zero-order valence-electron chi connectivity index (χ0n) is 12.9. The maximum atomic E-state index is 12.2. The monoisotopic (exact) mass is 293 g/mol. The molecule has 0 fully saturated rings. The van der Waals surface area contributed by atoms with Crippen LogP contribution in [0, 0.1) is 6.92 Å². The van der Waals surface area contributed by atoms with E-state index in [1.54, 1.807) is 0 Å². The Hall–Kier alpha value is -2.55. The average Bonchev–Trinajstić information content (AvgIpc) is 2.53. The highest BCUT2D eigenvalue weighted by Crippen LogP contribution is 2.25. The van der Waals surface area contributed by atoms with Gasteiger partial charge in [-0.2, -0.15) is 0 Å². The van der Waals surface area contributed by atoms with Gasteiger partial charge in [0.25, 0.3) is 0 Å². The lowest BCUT2D eigenvalue weighted by Crippen LogP contribution is -2.22. The van der Waals surface area contributed by atoms with Crippen LogP contribution in [0.4, 0.5) is 5.69 Å². The molecule has 0 amide bonds. The molecule has 1 heterocycles. The quantitative estimate of drug-likeness (QED) is 0.734. The highest BCUT2D eigenvalue weighted by Gasteiger charge is 2.11. The van der Waals surface area contributed by atoms with Crippen LogP contribution in [0.2, 0.25) is 0 Å². The van der Waals surface area contributed by atoms with E-state index in [9.17, 15) is 4.79 Å². The van der Waals surface area contributed by atoms with Gasteiger partial charge in [0.2, 0.25) is 0 Å². The smallest absolute Gasteiger partial charge is 0.194 e. The summed E-state index contributed by atoms with van der Waals surface area (Å²) in [6.45, 7) is 2.86. The van der Waals surface area contributed by atoms with Gasteiger partial charge >= 0.3 is 0 Å². The first kappa shape index (κ1) is 14.4. The lowest BCUT2D eigenvalue weighted by atomic mass is 10.1. The number of hydrogen-bond acceptors (Lipinski definition) is 3. The minimum atomic E-state index is 0.00260. The van der Waals surface area contributed by atoms with Crippen molar-refractivity contribution in [1.29, 1.82) is 0 Å². The van der Waals surface area contributed by atoms with Crippen LogP contribution < -0.4 is 10.3 Å². The lowest BCUT2D eigenvalue weighted by Gasteiger charge is -2.21. The predicted octanol–water partition coefficient (Wildman–Crippen LogP) is 3.78. The van der Waals surface area contributed by atoms with Gasteiger partial charge in [0.1, 0.15) is 5.58 Å². The van der Waals surface area contributed by atoms with E-state index in [0.717, 1.165) is 24.2 Å². The van der Waals surface area contributed by atoms with Crippen molar-refractivity contribution in [1.82, 2.24) is 0 Å². The van der Waals surface area contributed by atoms with Gasteiger partial charge in [-0.3, -0.25) is 4.79 Å². The van der Waals surface area contributed by atoms with Crippen LogP contribution in [0.15, 0.2) is 64.0 Å². The van der Waals surface area contributed by atoms with Crippen LogP contribution in [0.5, 0.6) is 0 Å². The van der Waals surface area contributed by atoms with Gasteiger partial charge < -0.3 is 9.32 Å². The Balaban J connectivity index is 1.93. The summed E-state index contributed by atoms with van der Waals surface area (Å²) in [5, 5.41) is 0.656. The highest BCUT2D eigenvalue weighted by atomic mass is 16.3. The van der Waals surface area contributed by atoms with Crippen molar-refractivity contribution in [2.24, 2.45) is 0 Å². The fourth-order valence-electron chi connectivity index (χ4n) is 2.69. The highest BCUT2D eigenvalue weighted by molar-refractivity contribution is 5.91. The molecule has 22 heavy (non-hydrogen) atoms. The van der Waals surface area contributed by atoms with Crippen molar-refractivity contribution in [3.8, 4) is 0 Å². The number of benzene rings is 2. The second-order valence-electron chi connectivity index (χ2n) is 5.60. The molecule has 0 aliphatic carbocycles. The molecular formula is C19H19NO2. The first-order valence-electron chi connectivity index (χ1n) is 7.42. The summed E-state index contributed by atoms with van der Waals surface area (Å²) in [7, 11) is 2.02. The molecule has 3 nitrogen and oxygen atoms in total. The van der Waals surface area contributed by atoms with E-state index < -0.39 is 0 Å². The molecule has 112 valence electrons. The SMILES string of the molecule is Cc1cc(N(C)CCc2ccccc2)c2c(=O)ccoc2c1. The molecule has 0 bridgehead atoms. The largest absolute Gasteiger partial charge is 0.464 e. The number of hydrogen-bond donors (Lipinski definition) is 0. The third kappa shape index (κ3) is 2.89. The van der Waals surface area contributed by atoms with E-state index in [-0.39, 0.29) is 5.43 Å². The maximum absolute atomic E-state index is 12.2. The van der Waals surface area contributed by atoms with Gasteiger partial charge in [-0.05, 0) is 36.6 Å². The molecule has 0 saturated heterocycles. The van der Waals surface area contributed by atoms with Gasteiger partial charge in [0, 0.05) is 19.7 Å². The standard InChI is InChI=1S/C19H19NO2/c1-14-12-16(19-17(21)9-11-22-18(19)13-14)20(2)10-8-15-6-4-3-5-7-15/h3-7,9,11-13H,8,10H2,1-2H3. The predicted molar refractivity (Wildman–Crippen MR) is 90.6 cm³/mol. The normalized spacial score (nSPS) is 10.8. The second kappa shape index (κ2) is 6.06. The van der Waals surface area contributed by atoms with E-state index in [1.165, 1.54) is 17.9 Å². The van der Waals surface area contributed by atoms with E-state index in [1.807, 2.05) is 44.3 Å². The molecule has 3 aromatic rings. The van der Waals surface area contributed by atoms with E-state index in [0.29, 0.717) is 11.0 Å². The summed E-state index contributed by atoms with van der Waals surface area (Å²) in [5.74, 6) is 0. The van der Waals surface area contributed by atoms with Gasteiger partial charge in [-0.25, -0.2) is 0 Å². The molecule has 1 aromatic heterocycles. The van der Waals surface area contributed by atoms with Crippen molar-refractivity contribution < 1.29 is 4.42 Å². The zero-order valence-corrected chi connectivity index (χ0v) is 12.9. The molecular weight excluding hydrogens is 274 g/mol. The molecule has 3 rings (SSSR count). The Bertz CT molecular complexity index is 837. The van der Waals surface area contributed by atoms with Crippen LogP contribution in [0.3, 0.4) is 0 Å². The maximum Gasteiger partial charge on any atom is 0.194 e. The fraction of sp³-hybridized carbons (Fsp3) is 0.211. The summed E-state index contributed by atoms with van der Waals surface area (Å²) in [6.07, 6.45) is 2.39. The number of rotatable bonds is 4. The minimum absolute atomic E-state index is 0.00260. The molecule has 0 aliphatic heterocycles. The summed E-state index contributed by atoms with van der Waals surface area (Å²) < 4.78 is 5.50. The van der Waals surface area contributed by atoms with Crippen molar-refractivity contribution in [2.75, 3.05) is 18.5 Å². The number of likely N-dealkylation sites (N-methyl/N-ethyl adjacent to an activating group) is 1. The van der Waals surface area contributed by atoms with Crippen LogP contribution >= 0.6 is 0 Å². The molecule has 2 aromatic carbocycles. The topological polar surface area (TPSA) is 33.5 Å². The average molecular weight is 293 g/mol. The first-order chi connectivity index (χ1) is 10.6. The molecule has 0 N–H and O–H groups in total. The third-order valence-corrected chi connectivity index (χ3v) is 3.88. The Morgan fingerprint density at radius 1 is 1.09 bits per heavy atom. The minimum Gasteiger partial charge on any atom is -0.464 e. The molecule has 3 heteroatoms. The van der Waals surface area contributed by atoms with E-state index >= 15 is 0 Å². The second-order valence-corrected chi connectivity index (χ2v) is 5.60.